The number of likely N-dealkylation sites (tertiary alicyclic amines) is 1. The average molecular weight is 316 g/mol. The van der Waals surface area contributed by atoms with Crippen LogP contribution in [-0.4, -0.2) is 41.1 Å². The summed E-state index contributed by atoms with van der Waals surface area (Å²) in [7, 11) is 0. The van der Waals surface area contributed by atoms with Crippen molar-refractivity contribution in [2.75, 3.05) is 13.1 Å². The van der Waals surface area contributed by atoms with Crippen molar-refractivity contribution >= 4 is 5.91 Å². The minimum Gasteiger partial charge on any atom is -0.392 e. The SMILES string of the molecule is CC(c1ccccc1)N1CCC(NC(=O)C2CCCC2O)CC1. The summed E-state index contributed by atoms with van der Waals surface area (Å²) in [5.41, 5.74) is 1.35. The van der Waals surface area contributed by atoms with Crippen LogP contribution in [0.25, 0.3) is 0 Å². The molecule has 1 aliphatic heterocycles. The molecule has 126 valence electrons. The number of benzene rings is 1. The van der Waals surface area contributed by atoms with E-state index >= 15 is 0 Å². The van der Waals surface area contributed by atoms with Gasteiger partial charge < -0.3 is 10.4 Å². The Hall–Kier alpha value is -1.39. The number of nitrogens with zero attached hydrogens (tertiary/aromatic N) is 1. The largest absolute Gasteiger partial charge is 0.392 e. The Kier molecular flexibility index (Phi) is 5.34. The molecule has 3 unspecified atom stereocenters. The molecule has 1 aromatic carbocycles. The fourth-order valence-corrected chi connectivity index (χ4v) is 3.93. The van der Waals surface area contributed by atoms with Crippen LogP contribution < -0.4 is 5.32 Å². The Morgan fingerprint density at radius 2 is 1.87 bits per heavy atom. The van der Waals surface area contributed by atoms with Gasteiger partial charge in [-0.05, 0) is 44.6 Å². The predicted molar refractivity (Wildman–Crippen MR) is 90.9 cm³/mol. The first-order valence-corrected chi connectivity index (χ1v) is 8.92. The molecule has 2 fully saturated rings. The third-order valence-corrected chi connectivity index (χ3v) is 5.52. The van der Waals surface area contributed by atoms with Crippen molar-refractivity contribution in [3.8, 4) is 0 Å². The number of hydrogen-bond acceptors (Lipinski definition) is 3. The van der Waals surface area contributed by atoms with Gasteiger partial charge in [0.25, 0.3) is 0 Å². The highest BCUT2D eigenvalue weighted by atomic mass is 16.3. The molecule has 1 aliphatic carbocycles. The molecule has 4 heteroatoms. The lowest BCUT2D eigenvalue weighted by Gasteiger charge is -2.36. The van der Waals surface area contributed by atoms with Crippen LogP contribution in [-0.2, 0) is 4.79 Å². The normalized spacial score (nSPS) is 27.7. The van der Waals surface area contributed by atoms with Crippen LogP contribution in [0.4, 0.5) is 0 Å². The van der Waals surface area contributed by atoms with Crippen molar-refractivity contribution < 1.29 is 9.90 Å². The average Bonchev–Trinajstić information content (AvgIpc) is 3.02. The highest BCUT2D eigenvalue weighted by Gasteiger charge is 2.33. The molecular weight excluding hydrogens is 288 g/mol. The summed E-state index contributed by atoms with van der Waals surface area (Å²) < 4.78 is 0. The van der Waals surface area contributed by atoms with Gasteiger partial charge in [0.2, 0.25) is 5.91 Å². The molecule has 3 rings (SSSR count). The molecule has 1 aromatic rings. The summed E-state index contributed by atoms with van der Waals surface area (Å²) in [6, 6.07) is 11.3. The maximum atomic E-state index is 12.3. The van der Waals surface area contributed by atoms with Crippen molar-refractivity contribution in [1.29, 1.82) is 0 Å². The van der Waals surface area contributed by atoms with E-state index in [9.17, 15) is 9.90 Å². The van der Waals surface area contributed by atoms with Crippen molar-refractivity contribution in [3.05, 3.63) is 35.9 Å². The maximum absolute atomic E-state index is 12.3. The monoisotopic (exact) mass is 316 g/mol. The predicted octanol–water partition coefficient (Wildman–Crippen LogP) is 2.49. The molecule has 0 bridgehead atoms. The Morgan fingerprint density at radius 3 is 2.48 bits per heavy atom. The van der Waals surface area contributed by atoms with Crippen molar-refractivity contribution in [2.24, 2.45) is 5.92 Å². The topological polar surface area (TPSA) is 52.6 Å². The molecule has 23 heavy (non-hydrogen) atoms. The van der Waals surface area contributed by atoms with Gasteiger partial charge >= 0.3 is 0 Å². The summed E-state index contributed by atoms with van der Waals surface area (Å²) >= 11 is 0. The minimum absolute atomic E-state index is 0.0598. The van der Waals surface area contributed by atoms with E-state index in [1.54, 1.807) is 0 Å². The van der Waals surface area contributed by atoms with Gasteiger partial charge in [-0.15, -0.1) is 0 Å². The molecule has 3 atom stereocenters. The molecule has 1 amide bonds. The lowest BCUT2D eigenvalue weighted by molar-refractivity contribution is -0.128. The standard InChI is InChI=1S/C19H28N2O2/c1-14(15-6-3-2-4-7-15)21-12-10-16(11-13-21)20-19(23)17-8-5-9-18(17)22/h2-4,6-7,14,16-18,22H,5,8-13H2,1H3,(H,20,23). The molecule has 1 heterocycles. The third-order valence-electron chi connectivity index (χ3n) is 5.52. The Morgan fingerprint density at radius 1 is 1.17 bits per heavy atom. The Bertz CT molecular complexity index is 511. The second kappa shape index (κ2) is 7.45. The van der Waals surface area contributed by atoms with E-state index < -0.39 is 6.10 Å². The highest BCUT2D eigenvalue weighted by Crippen LogP contribution is 2.27. The summed E-state index contributed by atoms with van der Waals surface area (Å²) in [4.78, 5) is 14.8. The molecule has 0 spiro atoms. The zero-order chi connectivity index (χ0) is 16.2. The lowest BCUT2D eigenvalue weighted by atomic mass is 9.98. The molecule has 4 nitrogen and oxygen atoms in total. The Balaban J connectivity index is 1.48. The van der Waals surface area contributed by atoms with Gasteiger partial charge in [-0.1, -0.05) is 30.3 Å². The molecule has 0 aromatic heterocycles. The number of nitrogens with one attached hydrogen (secondary N) is 1. The van der Waals surface area contributed by atoms with Crippen molar-refractivity contribution in [2.45, 2.75) is 57.2 Å². The number of rotatable bonds is 4. The summed E-state index contributed by atoms with van der Waals surface area (Å²) in [6.07, 6.45) is 4.11. The van der Waals surface area contributed by atoms with Crippen LogP contribution >= 0.6 is 0 Å². The quantitative estimate of drug-likeness (QED) is 0.897. The number of carbonyl (C=O) groups excluding carboxylic acids is 1. The number of piperidine rings is 1. The zero-order valence-corrected chi connectivity index (χ0v) is 13.9. The number of aliphatic hydroxyl groups excluding tert-OH is 1. The van der Waals surface area contributed by atoms with Crippen LogP contribution in [0.5, 0.6) is 0 Å². The van der Waals surface area contributed by atoms with E-state index in [0.717, 1.165) is 45.2 Å². The summed E-state index contributed by atoms with van der Waals surface area (Å²) in [6.45, 7) is 4.27. The molecular formula is C19H28N2O2. The van der Waals surface area contributed by atoms with Gasteiger partial charge in [0.05, 0.1) is 12.0 Å². The van der Waals surface area contributed by atoms with Crippen LogP contribution in [0.1, 0.15) is 50.6 Å². The van der Waals surface area contributed by atoms with Crippen LogP contribution in [0.15, 0.2) is 30.3 Å². The second-order valence-corrected chi connectivity index (χ2v) is 7.01. The van der Waals surface area contributed by atoms with Gasteiger partial charge in [-0.2, -0.15) is 0 Å². The summed E-state index contributed by atoms with van der Waals surface area (Å²) in [5, 5.41) is 13.0. The van der Waals surface area contributed by atoms with E-state index in [4.69, 9.17) is 0 Å². The van der Waals surface area contributed by atoms with Crippen molar-refractivity contribution in [1.82, 2.24) is 10.2 Å². The van der Waals surface area contributed by atoms with E-state index in [2.05, 4.69) is 47.5 Å². The number of hydrogen-bond donors (Lipinski definition) is 2. The number of aliphatic hydroxyl groups is 1. The van der Waals surface area contributed by atoms with Crippen LogP contribution in [0.2, 0.25) is 0 Å². The van der Waals surface area contributed by atoms with Gasteiger partial charge in [-0.3, -0.25) is 9.69 Å². The van der Waals surface area contributed by atoms with Gasteiger partial charge in [0, 0.05) is 25.2 Å². The maximum Gasteiger partial charge on any atom is 0.225 e. The highest BCUT2D eigenvalue weighted by molar-refractivity contribution is 5.79. The van der Waals surface area contributed by atoms with E-state index in [0.29, 0.717) is 6.04 Å². The van der Waals surface area contributed by atoms with E-state index in [1.807, 2.05) is 0 Å². The Labute approximate surface area is 138 Å². The third kappa shape index (κ3) is 3.93. The van der Waals surface area contributed by atoms with Crippen molar-refractivity contribution in [3.63, 3.8) is 0 Å². The first-order valence-electron chi connectivity index (χ1n) is 8.92. The van der Waals surface area contributed by atoms with E-state index in [-0.39, 0.29) is 17.9 Å². The fraction of sp³-hybridized carbons (Fsp3) is 0.632. The lowest BCUT2D eigenvalue weighted by Crippen LogP contribution is -2.47. The number of amides is 1. The smallest absolute Gasteiger partial charge is 0.225 e. The van der Waals surface area contributed by atoms with Crippen LogP contribution in [0, 0.1) is 5.92 Å². The van der Waals surface area contributed by atoms with Gasteiger partial charge in [-0.25, -0.2) is 0 Å². The molecule has 2 aliphatic rings. The van der Waals surface area contributed by atoms with Gasteiger partial charge in [0.1, 0.15) is 0 Å². The number of carbonyl (C=O) groups is 1. The van der Waals surface area contributed by atoms with Gasteiger partial charge in [0.15, 0.2) is 0 Å². The molecule has 1 saturated carbocycles. The minimum atomic E-state index is -0.437. The fourth-order valence-electron chi connectivity index (χ4n) is 3.93. The zero-order valence-electron chi connectivity index (χ0n) is 13.9. The molecule has 2 N–H and O–H groups in total. The first kappa shape index (κ1) is 16.5. The summed E-state index contributed by atoms with van der Waals surface area (Å²) in [5.74, 6) is -0.124. The van der Waals surface area contributed by atoms with Crippen LogP contribution in [0.3, 0.4) is 0 Å². The second-order valence-electron chi connectivity index (χ2n) is 7.01. The first-order chi connectivity index (χ1) is 11.1. The molecule has 1 saturated heterocycles. The molecule has 0 radical (unpaired) electrons. The van der Waals surface area contributed by atoms with E-state index in [1.165, 1.54) is 5.56 Å².